The van der Waals surface area contributed by atoms with Crippen molar-refractivity contribution in [2.75, 3.05) is 20.1 Å². The largest absolute Gasteiger partial charge is 0.390 e. The van der Waals surface area contributed by atoms with E-state index < -0.39 is 16.9 Å². The Balaban J connectivity index is 2.36. The van der Waals surface area contributed by atoms with Crippen molar-refractivity contribution in [2.24, 2.45) is 0 Å². The first-order valence-electron chi connectivity index (χ1n) is 6.33. The summed E-state index contributed by atoms with van der Waals surface area (Å²) in [4.78, 5) is 24.4. The molecule has 1 aliphatic heterocycles. The van der Waals surface area contributed by atoms with Gasteiger partial charge in [-0.25, -0.2) is 0 Å². The molecule has 7 nitrogen and oxygen atoms in total. The number of aliphatic hydroxyl groups excluding tert-OH is 1. The van der Waals surface area contributed by atoms with E-state index >= 15 is 0 Å². The van der Waals surface area contributed by atoms with E-state index in [1.165, 1.54) is 11.0 Å². The summed E-state index contributed by atoms with van der Waals surface area (Å²) in [6, 6.07) is 4.16. The summed E-state index contributed by atoms with van der Waals surface area (Å²) in [6.45, 7) is 2.55. The lowest BCUT2D eigenvalue weighted by atomic mass is 10.0. The normalized spacial score (nSPS) is 21.8. The molecule has 1 amide bonds. The fourth-order valence-corrected chi connectivity index (χ4v) is 2.46. The first-order chi connectivity index (χ1) is 9.43. The van der Waals surface area contributed by atoms with Gasteiger partial charge in [-0.1, -0.05) is 12.1 Å². The molecule has 1 heterocycles. The van der Waals surface area contributed by atoms with Crippen LogP contribution in [-0.4, -0.2) is 53.1 Å². The standard InChI is InChI=1S/C13H17N3O4/c1-8-4-3-5-9(16(19)20)12(8)13(18)15(2)10-6-14-7-11(10)17/h3-5,10-11,14,17H,6-7H2,1-2H3/t10-,11-/m0/s1. The average Bonchev–Trinajstić information content (AvgIpc) is 2.83. The number of aryl methyl sites for hydroxylation is 1. The van der Waals surface area contributed by atoms with E-state index in [4.69, 9.17) is 0 Å². The van der Waals surface area contributed by atoms with Gasteiger partial charge in [-0.05, 0) is 12.5 Å². The Bertz CT molecular complexity index is 546. The smallest absolute Gasteiger partial charge is 0.282 e. The van der Waals surface area contributed by atoms with E-state index in [1.54, 1.807) is 26.1 Å². The molecular formula is C13H17N3O4. The van der Waals surface area contributed by atoms with Crippen molar-refractivity contribution in [3.05, 3.63) is 39.4 Å². The van der Waals surface area contributed by atoms with Crippen LogP contribution in [0.1, 0.15) is 15.9 Å². The van der Waals surface area contributed by atoms with Crippen LogP contribution in [0.2, 0.25) is 0 Å². The Morgan fingerprint density at radius 1 is 1.50 bits per heavy atom. The second-order valence-corrected chi connectivity index (χ2v) is 4.94. The summed E-state index contributed by atoms with van der Waals surface area (Å²) in [5.74, 6) is -0.442. The zero-order valence-electron chi connectivity index (χ0n) is 11.4. The monoisotopic (exact) mass is 279 g/mol. The second-order valence-electron chi connectivity index (χ2n) is 4.94. The van der Waals surface area contributed by atoms with Crippen molar-refractivity contribution < 1.29 is 14.8 Å². The number of carbonyl (C=O) groups is 1. The van der Waals surface area contributed by atoms with Crippen LogP contribution in [0.15, 0.2) is 18.2 Å². The fourth-order valence-electron chi connectivity index (χ4n) is 2.46. The highest BCUT2D eigenvalue weighted by molar-refractivity contribution is 5.99. The van der Waals surface area contributed by atoms with Crippen molar-refractivity contribution in [3.63, 3.8) is 0 Å². The number of aliphatic hydroxyl groups is 1. The maximum atomic E-state index is 12.5. The van der Waals surface area contributed by atoms with E-state index in [0.717, 1.165) is 0 Å². The Kier molecular flexibility index (Phi) is 4.01. The van der Waals surface area contributed by atoms with Crippen LogP contribution < -0.4 is 5.32 Å². The lowest BCUT2D eigenvalue weighted by molar-refractivity contribution is -0.385. The minimum atomic E-state index is -0.660. The summed E-state index contributed by atoms with van der Waals surface area (Å²) in [5.41, 5.74) is 0.429. The number of carbonyl (C=O) groups excluding carboxylic acids is 1. The van der Waals surface area contributed by atoms with Crippen molar-refractivity contribution in [1.82, 2.24) is 10.2 Å². The number of hydrogen-bond donors (Lipinski definition) is 2. The number of nitro groups is 1. The predicted octanol–water partition coefficient (Wildman–Crippen LogP) is 0.308. The molecule has 2 atom stereocenters. The number of nitrogens with one attached hydrogen (secondary N) is 1. The molecule has 1 aliphatic rings. The molecule has 0 unspecified atom stereocenters. The summed E-state index contributed by atoms with van der Waals surface area (Å²) in [5, 5.41) is 23.9. The molecule has 1 aromatic rings. The lowest BCUT2D eigenvalue weighted by Gasteiger charge is -2.26. The summed E-state index contributed by atoms with van der Waals surface area (Å²) in [6.07, 6.45) is -0.660. The number of amides is 1. The molecule has 1 fully saturated rings. The van der Waals surface area contributed by atoms with E-state index in [1.807, 2.05) is 0 Å². The average molecular weight is 279 g/mol. The van der Waals surface area contributed by atoms with Crippen LogP contribution in [0, 0.1) is 17.0 Å². The van der Waals surface area contributed by atoms with Gasteiger partial charge in [0.1, 0.15) is 5.56 Å². The highest BCUT2D eigenvalue weighted by Gasteiger charge is 2.34. The molecule has 2 N–H and O–H groups in total. The number of β-amino-alcohol motifs (C(OH)–C–C–N with tert-alkyl or cyclic N) is 1. The number of nitrogens with zero attached hydrogens (tertiary/aromatic N) is 2. The third-order valence-corrected chi connectivity index (χ3v) is 3.63. The van der Waals surface area contributed by atoms with Gasteiger partial charge in [0.15, 0.2) is 0 Å². The van der Waals surface area contributed by atoms with Crippen molar-refractivity contribution in [1.29, 1.82) is 0 Å². The van der Waals surface area contributed by atoms with E-state index in [2.05, 4.69) is 5.32 Å². The molecule has 0 aromatic heterocycles. The van der Waals surface area contributed by atoms with Crippen molar-refractivity contribution >= 4 is 11.6 Å². The van der Waals surface area contributed by atoms with Crippen LogP contribution >= 0.6 is 0 Å². The van der Waals surface area contributed by atoms with Gasteiger partial charge in [0.05, 0.1) is 17.1 Å². The van der Waals surface area contributed by atoms with Crippen LogP contribution in [-0.2, 0) is 0 Å². The quantitative estimate of drug-likeness (QED) is 0.613. The molecule has 20 heavy (non-hydrogen) atoms. The van der Waals surface area contributed by atoms with Gasteiger partial charge in [-0.15, -0.1) is 0 Å². The van der Waals surface area contributed by atoms with Crippen LogP contribution in [0.4, 0.5) is 5.69 Å². The van der Waals surface area contributed by atoms with Gasteiger partial charge in [-0.3, -0.25) is 14.9 Å². The number of likely N-dealkylation sites (N-methyl/N-ethyl adjacent to an activating group) is 1. The van der Waals surface area contributed by atoms with Crippen LogP contribution in [0.25, 0.3) is 0 Å². The van der Waals surface area contributed by atoms with Crippen molar-refractivity contribution in [2.45, 2.75) is 19.1 Å². The Labute approximate surface area is 116 Å². The molecule has 0 spiro atoms. The fraction of sp³-hybridized carbons (Fsp3) is 0.462. The molecule has 1 saturated heterocycles. The molecule has 0 aliphatic carbocycles. The zero-order chi connectivity index (χ0) is 14.9. The zero-order valence-corrected chi connectivity index (χ0v) is 11.4. The Morgan fingerprint density at radius 2 is 2.20 bits per heavy atom. The third kappa shape index (κ3) is 2.50. The van der Waals surface area contributed by atoms with Crippen LogP contribution in [0.5, 0.6) is 0 Å². The van der Waals surface area contributed by atoms with Gasteiger partial charge < -0.3 is 15.3 Å². The molecular weight excluding hydrogens is 262 g/mol. The van der Waals surface area contributed by atoms with E-state index in [0.29, 0.717) is 18.7 Å². The first kappa shape index (κ1) is 14.4. The number of rotatable bonds is 3. The Hall–Kier alpha value is -1.99. The highest BCUT2D eigenvalue weighted by Crippen LogP contribution is 2.24. The topological polar surface area (TPSA) is 95.7 Å². The van der Waals surface area contributed by atoms with Crippen molar-refractivity contribution in [3.8, 4) is 0 Å². The summed E-state index contributed by atoms with van der Waals surface area (Å²) >= 11 is 0. The molecule has 108 valence electrons. The van der Waals surface area contributed by atoms with Gasteiger partial charge in [0, 0.05) is 26.2 Å². The maximum Gasteiger partial charge on any atom is 0.282 e. The second kappa shape index (κ2) is 5.56. The minimum absolute atomic E-state index is 0.0825. The minimum Gasteiger partial charge on any atom is -0.390 e. The molecule has 0 bridgehead atoms. The third-order valence-electron chi connectivity index (χ3n) is 3.63. The number of nitro benzene ring substituents is 1. The molecule has 1 aromatic carbocycles. The molecule has 0 saturated carbocycles. The van der Waals surface area contributed by atoms with E-state index in [9.17, 15) is 20.0 Å². The number of hydrogen-bond acceptors (Lipinski definition) is 5. The summed E-state index contributed by atoms with van der Waals surface area (Å²) in [7, 11) is 1.55. The molecule has 2 rings (SSSR count). The molecule has 7 heteroatoms. The SMILES string of the molecule is Cc1cccc([N+](=O)[O-])c1C(=O)N(C)[C@H]1CNC[C@@H]1O. The predicted molar refractivity (Wildman–Crippen MR) is 72.6 cm³/mol. The van der Waals surface area contributed by atoms with Gasteiger partial charge in [-0.2, -0.15) is 0 Å². The lowest BCUT2D eigenvalue weighted by Crippen LogP contribution is -2.44. The van der Waals surface area contributed by atoms with Gasteiger partial charge in [0.25, 0.3) is 11.6 Å². The maximum absolute atomic E-state index is 12.5. The number of benzene rings is 1. The Morgan fingerprint density at radius 3 is 2.75 bits per heavy atom. The van der Waals surface area contributed by atoms with Gasteiger partial charge in [0.2, 0.25) is 0 Å². The molecule has 0 radical (unpaired) electrons. The van der Waals surface area contributed by atoms with Crippen LogP contribution in [0.3, 0.4) is 0 Å². The first-order valence-corrected chi connectivity index (χ1v) is 6.33. The van der Waals surface area contributed by atoms with E-state index in [-0.39, 0.29) is 17.3 Å². The summed E-state index contributed by atoms with van der Waals surface area (Å²) < 4.78 is 0. The highest BCUT2D eigenvalue weighted by atomic mass is 16.6. The van der Waals surface area contributed by atoms with Gasteiger partial charge >= 0.3 is 0 Å².